The van der Waals surface area contributed by atoms with Crippen molar-refractivity contribution in [1.29, 1.82) is 0 Å². The van der Waals surface area contributed by atoms with E-state index in [1.807, 2.05) is 7.05 Å². The molecular formula is C18H22N2O3. The SMILES string of the molecule is Cc1occc1C(=O)N(C)Cc1ccc(N2CCOCC2)cc1. The van der Waals surface area contributed by atoms with Crippen molar-refractivity contribution in [3.05, 3.63) is 53.5 Å². The normalized spacial score (nSPS) is 14.8. The molecule has 122 valence electrons. The van der Waals surface area contributed by atoms with Crippen LogP contribution in [-0.2, 0) is 11.3 Å². The fourth-order valence-corrected chi connectivity index (χ4v) is 2.79. The second-order valence-corrected chi connectivity index (χ2v) is 5.82. The Balaban J connectivity index is 1.63. The number of amides is 1. The van der Waals surface area contributed by atoms with Crippen LogP contribution in [0.5, 0.6) is 0 Å². The predicted octanol–water partition coefficient (Wildman–Crippen LogP) is 2.70. The van der Waals surface area contributed by atoms with Crippen molar-refractivity contribution < 1.29 is 13.9 Å². The van der Waals surface area contributed by atoms with Crippen LogP contribution in [-0.4, -0.2) is 44.2 Å². The van der Waals surface area contributed by atoms with Gasteiger partial charge in [-0.15, -0.1) is 0 Å². The molecule has 23 heavy (non-hydrogen) atoms. The average molecular weight is 314 g/mol. The van der Waals surface area contributed by atoms with Gasteiger partial charge >= 0.3 is 0 Å². The summed E-state index contributed by atoms with van der Waals surface area (Å²) in [5, 5.41) is 0. The van der Waals surface area contributed by atoms with Gasteiger partial charge in [0.1, 0.15) is 5.76 Å². The van der Waals surface area contributed by atoms with Gasteiger partial charge in [0, 0.05) is 32.4 Å². The molecule has 0 unspecified atom stereocenters. The lowest BCUT2D eigenvalue weighted by atomic mass is 10.1. The maximum absolute atomic E-state index is 12.4. The van der Waals surface area contributed by atoms with E-state index in [1.165, 1.54) is 5.69 Å². The van der Waals surface area contributed by atoms with Crippen molar-refractivity contribution in [3.8, 4) is 0 Å². The Kier molecular flexibility index (Phi) is 4.67. The van der Waals surface area contributed by atoms with Gasteiger partial charge in [-0.25, -0.2) is 0 Å². The van der Waals surface area contributed by atoms with E-state index in [2.05, 4.69) is 29.2 Å². The van der Waals surface area contributed by atoms with Crippen LogP contribution in [0.15, 0.2) is 41.0 Å². The van der Waals surface area contributed by atoms with E-state index >= 15 is 0 Å². The van der Waals surface area contributed by atoms with Gasteiger partial charge in [0.15, 0.2) is 0 Å². The van der Waals surface area contributed by atoms with E-state index in [0.717, 1.165) is 31.9 Å². The maximum atomic E-state index is 12.4. The first-order valence-electron chi connectivity index (χ1n) is 7.86. The highest BCUT2D eigenvalue weighted by Crippen LogP contribution is 2.18. The molecule has 1 fully saturated rings. The Bertz CT molecular complexity index is 657. The van der Waals surface area contributed by atoms with Crippen LogP contribution in [0.1, 0.15) is 21.7 Å². The zero-order valence-corrected chi connectivity index (χ0v) is 13.6. The number of hydrogen-bond donors (Lipinski definition) is 0. The number of furan rings is 1. The van der Waals surface area contributed by atoms with E-state index in [9.17, 15) is 4.79 Å². The van der Waals surface area contributed by atoms with Crippen LogP contribution in [0.4, 0.5) is 5.69 Å². The van der Waals surface area contributed by atoms with Gasteiger partial charge in [-0.1, -0.05) is 12.1 Å². The number of ether oxygens (including phenoxy) is 1. The molecule has 1 aromatic carbocycles. The summed E-state index contributed by atoms with van der Waals surface area (Å²) in [4.78, 5) is 16.4. The van der Waals surface area contributed by atoms with Crippen LogP contribution >= 0.6 is 0 Å². The molecule has 0 bridgehead atoms. The Hall–Kier alpha value is -2.27. The quantitative estimate of drug-likeness (QED) is 0.870. The van der Waals surface area contributed by atoms with Crippen molar-refractivity contribution in [2.45, 2.75) is 13.5 Å². The number of nitrogens with zero attached hydrogens (tertiary/aromatic N) is 2. The van der Waals surface area contributed by atoms with Gasteiger partial charge < -0.3 is 19.0 Å². The van der Waals surface area contributed by atoms with Crippen LogP contribution in [0.2, 0.25) is 0 Å². The summed E-state index contributed by atoms with van der Waals surface area (Å²) in [6, 6.07) is 10.1. The minimum Gasteiger partial charge on any atom is -0.469 e. The minimum atomic E-state index is -0.0199. The summed E-state index contributed by atoms with van der Waals surface area (Å²) in [7, 11) is 1.81. The lowest BCUT2D eigenvalue weighted by Crippen LogP contribution is -2.36. The highest BCUT2D eigenvalue weighted by atomic mass is 16.5. The number of hydrogen-bond acceptors (Lipinski definition) is 4. The standard InChI is InChI=1S/C18H22N2O3/c1-14-17(7-10-23-14)18(21)19(2)13-15-3-5-16(6-4-15)20-8-11-22-12-9-20/h3-7,10H,8-9,11-13H2,1-2H3. The van der Waals surface area contributed by atoms with Crippen molar-refractivity contribution in [2.24, 2.45) is 0 Å². The molecule has 3 rings (SSSR count). The molecule has 1 saturated heterocycles. The number of aryl methyl sites for hydroxylation is 1. The molecule has 0 atom stereocenters. The van der Waals surface area contributed by atoms with Crippen LogP contribution in [0.25, 0.3) is 0 Å². The lowest BCUT2D eigenvalue weighted by Gasteiger charge is -2.29. The molecule has 2 aromatic rings. The van der Waals surface area contributed by atoms with E-state index in [4.69, 9.17) is 9.15 Å². The van der Waals surface area contributed by atoms with E-state index in [-0.39, 0.29) is 5.91 Å². The summed E-state index contributed by atoms with van der Waals surface area (Å²) in [6.45, 7) is 5.80. The first-order chi connectivity index (χ1) is 11.1. The third-order valence-corrected chi connectivity index (χ3v) is 4.17. The molecule has 1 aromatic heterocycles. The van der Waals surface area contributed by atoms with Crippen molar-refractivity contribution >= 4 is 11.6 Å². The van der Waals surface area contributed by atoms with Crippen LogP contribution < -0.4 is 4.90 Å². The molecule has 0 saturated carbocycles. The van der Waals surface area contributed by atoms with Crippen molar-refractivity contribution in [3.63, 3.8) is 0 Å². The monoisotopic (exact) mass is 314 g/mol. The molecule has 1 aliphatic rings. The van der Waals surface area contributed by atoms with Gasteiger partial charge in [0.2, 0.25) is 0 Å². The summed E-state index contributed by atoms with van der Waals surface area (Å²) in [5.41, 5.74) is 2.94. The highest BCUT2D eigenvalue weighted by molar-refractivity contribution is 5.94. The van der Waals surface area contributed by atoms with E-state index in [1.54, 1.807) is 24.2 Å². The molecule has 1 amide bonds. The second kappa shape index (κ2) is 6.87. The third-order valence-electron chi connectivity index (χ3n) is 4.17. The molecule has 0 aliphatic carbocycles. The van der Waals surface area contributed by atoms with Crippen molar-refractivity contribution in [1.82, 2.24) is 4.90 Å². The number of carbonyl (C=O) groups excluding carboxylic acids is 1. The van der Waals surface area contributed by atoms with Gasteiger partial charge in [-0.3, -0.25) is 4.79 Å². The summed E-state index contributed by atoms with van der Waals surface area (Å²) in [5.74, 6) is 0.637. The molecule has 2 heterocycles. The van der Waals surface area contributed by atoms with Crippen LogP contribution in [0, 0.1) is 6.92 Å². The predicted molar refractivity (Wildman–Crippen MR) is 88.7 cm³/mol. The molecule has 1 aliphatic heterocycles. The topological polar surface area (TPSA) is 45.9 Å². The highest BCUT2D eigenvalue weighted by Gasteiger charge is 2.16. The Morgan fingerprint density at radius 1 is 1.17 bits per heavy atom. The third kappa shape index (κ3) is 3.56. The molecule has 5 nitrogen and oxygen atoms in total. The van der Waals surface area contributed by atoms with E-state index in [0.29, 0.717) is 17.9 Å². The summed E-state index contributed by atoms with van der Waals surface area (Å²) >= 11 is 0. The van der Waals surface area contributed by atoms with Gasteiger partial charge in [0.05, 0.1) is 25.0 Å². The summed E-state index contributed by atoms with van der Waals surface area (Å²) in [6.07, 6.45) is 1.55. The fraction of sp³-hybridized carbons (Fsp3) is 0.389. The Morgan fingerprint density at radius 2 is 1.87 bits per heavy atom. The largest absolute Gasteiger partial charge is 0.469 e. The summed E-state index contributed by atoms with van der Waals surface area (Å²) < 4.78 is 10.6. The second-order valence-electron chi connectivity index (χ2n) is 5.82. The van der Waals surface area contributed by atoms with Gasteiger partial charge in [0.25, 0.3) is 5.91 Å². The zero-order chi connectivity index (χ0) is 16.2. The number of carbonyl (C=O) groups is 1. The molecular weight excluding hydrogens is 292 g/mol. The Labute approximate surface area is 136 Å². The fourth-order valence-electron chi connectivity index (χ4n) is 2.79. The number of anilines is 1. The molecule has 0 radical (unpaired) electrons. The number of rotatable bonds is 4. The number of benzene rings is 1. The first kappa shape index (κ1) is 15.6. The Morgan fingerprint density at radius 3 is 2.48 bits per heavy atom. The molecule has 0 spiro atoms. The van der Waals surface area contributed by atoms with Gasteiger partial charge in [-0.2, -0.15) is 0 Å². The lowest BCUT2D eigenvalue weighted by molar-refractivity contribution is 0.0783. The first-order valence-corrected chi connectivity index (χ1v) is 7.86. The number of morpholine rings is 1. The van der Waals surface area contributed by atoms with E-state index < -0.39 is 0 Å². The van der Waals surface area contributed by atoms with Crippen LogP contribution in [0.3, 0.4) is 0 Å². The smallest absolute Gasteiger partial charge is 0.257 e. The minimum absolute atomic E-state index is 0.0199. The average Bonchev–Trinajstić information content (AvgIpc) is 3.01. The molecule has 5 heteroatoms. The zero-order valence-electron chi connectivity index (χ0n) is 13.6. The van der Waals surface area contributed by atoms with Crippen molar-refractivity contribution in [2.75, 3.05) is 38.3 Å². The van der Waals surface area contributed by atoms with Gasteiger partial charge in [-0.05, 0) is 30.7 Å². The maximum Gasteiger partial charge on any atom is 0.257 e. The molecule has 0 N–H and O–H groups in total.